The fraction of sp³-hybridized carbons (Fsp3) is 0.700. The van der Waals surface area contributed by atoms with E-state index in [4.69, 9.17) is 4.74 Å². The molecule has 0 atom stereocenters. The van der Waals surface area contributed by atoms with E-state index >= 15 is 0 Å². The van der Waals surface area contributed by atoms with Gasteiger partial charge in [-0.1, -0.05) is 31.7 Å². The third-order valence-corrected chi connectivity index (χ3v) is 4.49. The summed E-state index contributed by atoms with van der Waals surface area (Å²) in [5.41, 5.74) is 0.983. The number of nitrogens with one attached hydrogen (secondary N) is 2. The van der Waals surface area contributed by atoms with Crippen LogP contribution in [0.1, 0.15) is 64.0 Å². The maximum absolute atomic E-state index is 6.04. The maximum Gasteiger partial charge on any atom is 0.191 e. The Morgan fingerprint density at radius 1 is 1.15 bits per heavy atom. The first-order chi connectivity index (χ1) is 12.4. The van der Waals surface area contributed by atoms with Crippen LogP contribution < -0.4 is 10.6 Å². The first kappa shape index (κ1) is 23.1. The minimum Gasteiger partial charge on any atom is -0.378 e. The highest BCUT2D eigenvalue weighted by atomic mass is 127. The van der Waals surface area contributed by atoms with Crippen LogP contribution in [-0.4, -0.2) is 36.7 Å². The summed E-state index contributed by atoms with van der Waals surface area (Å²) >= 11 is 0. The van der Waals surface area contributed by atoms with Crippen LogP contribution in [0.4, 0.5) is 0 Å². The standard InChI is InChI=1S/C20H34N4O.HI/c1-2-21-20(24-17-18-11-7-8-14-22-18)23-15-9-10-16-25-19-12-5-3-4-6-13-19;/h7-8,11,14,19H,2-6,9-10,12-13,15-17H2,1H3,(H2,21,23,24);1H. The summed E-state index contributed by atoms with van der Waals surface area (Å²) in [6.07, 6.45) is 12.5. The van der Waals surface area contributed by atoms with Crippen LogP contribution in [0.15, 0.2) is 29.4 Å². The highest BCUT2D eigenvalue weighted by Gasteiger charge is 2.11. The topological polar surface area (TPSA) is 58.5 Å². The van der Waals surface area contributed by atoms with Gasteiger partial charge < -0.3 is 15.4 Å². The van der Waals surface area contributed by atoms with Crippen molar-refractivity contribution in [3.63, 3.8) is 0 Å². The largest absolute Gasteiger partial charge is 0.378 e. The summed E-state index contributed by atoms with van der Waals surface area (Å²) in [4.78, 5) is 8.89. The average molecular weight is 474 g/mol. The molecular formula is C20H35IN4O. The second-order valence-corrected chi connectivity index (χ2v) is 6.63. The zero-order valence-corrected chi connectivity index (χ0v) is 18.4. The van der Waals surface area contributed by atoms with E-state index < -0.39 is 0 Å². The van der Waals surface area contributed by atoms with Crippen molar-refractivity contribution in [2.45, 2.75) is 70.9 Å². The van der Waals surface area contributed by atoms with Gasteiger partial charge in [0.15, 0.2) is 5.96 Å². The molecule has 0 radical (unpaired) electrons. The molecule has 6 heteroatoms. The molecule has 1 saturated carbocycles. The number of nitrogens with zero attached hydrogens (tertiary/aromatic N) is 2. The molecular weight excluding hydrogens is 439 g/mol. The quantitative estimate of drug-likeness (QED) is 0.185. The maximum atomic E-state index is 6.04. The van der Waals surface area contributed by atoms with Crippen molar-refractivity contribution >= 4 is 29.9 Å². The fourth-order valence-corrected chi connectivity index (χ4v) is 3.09. The molecule has 1 aliphatic rings. The summed E-state index contributed by atoms with van der Waals surface area (Å²) in [6, 6.07) is 5.91. The highest BCUT2D eigenvalue weighted by Crippen LogP contribution is 2.19. The molecule has 0 amide bonds. The first-order valence-corrected chi connectivity index (χ1v) is 9.92. The molecule has 1 aromatic rings. The van der Waals surface area contributed by atoms with E-state index in [2.05, 4.69) is 27.5 Å². The molecule has 0 aliphatic heterocycles. The summed E-state index contributed by atoms with van der Waals surface area (Å²) in [5.74, 6) is 0.859. The lowest BCUT2D eigenvalue weighted by molar-refractivity contribution is 0.0411. The molecule has 1 fully saturated rings. The monoisotopic (exact) mass is 474 g/mol. The molecule has 0 spiro atoms. The van der Waals surface area contributed by atoms with E-state index in [1.807, 2.05) is 18.2 Å². The molecule has 5 nitrogen and oxygen atoms in total. The summed E-state index contributed by atoms with van der Waals surface area (Å²) in [6.45, 7) is 5.34. The molecule has 1 aliphatic carbocycles. The Bertz CT molecular complexity index is 476. The Morgan fingerprint density at radius 3 is 2.65 bits per heavy atom. The van der Waals surface area contributed by atoms with E-state index in [1.165, 1.54) is 38.5 Å². The lowest BCUT2D eigenvalue weighted by Gasteiger charge is -2.15. The summed E-state index contributed by atoms with van der Waals surface area (Å²) in [7, 11) is 0. The van der Waals surface area contributed by atoms with Gasteiger partial charge >= 0.3 is 0 Å². The lowest BCUT2D eigenvalue weighted by atomic mass is 10.1. The van der Waals surface area contributed by atoms with Crippen molar-refractivity contribution in [3.05, 3.63) is 30.1 Å². The number of aliphatic imine (C=N–C) groups is 1. The van der Waals surface area contributed by atoms with Gasteiger partial charge in [0, 0.05) is 25.9 Å². The van der Waals surface area contributed by atoms with Gasteiger partial charge in [0.25, 0.3) is 0 Å². The summed E-state index contributed by atoms with van der Waals surface area (Å²) < 4.78 is 6.04. The lowest BCUT2D eigenvalue weighted by Crippen LogP contribution is -2.37. The predicted molar refractivity (Wildman–Crippen MR) is 119 cm³/mol. The number of guanidine groups is 1. The number of pyridine rings is 1. The van der Waals surface area contributed by atoms with Crippen LogP contribution >= 0.6 is 24.0 Å². The van der Waals surface area contributed by atoms with Gasteiger partial charge in [-0.15, -0.1) is 24.0 Å². The molecule has 1 aromatic heterocycles. The molecule has 0 bridgehead atoms. The Morgan fingerprint density at radius 2 is 1.96 bits per heavy atom. The molecule has 148 valence electrons. The molecule has 26 heavy (non-hydrogen) atoms. The SMILES string of the molecule is CCNC(=NCc1ccccn1)NCCCCOC1CCCCCC1.I. The predicted octanol–water partition coefficient (Wildman–Crippen LogP) is 4.27. The van der Waals surface area contributed by atoms with E-state index in [-0.39, 0.29) is 24.0 Å². The van der Waals surface area contributed by atoms with Crippen LogP contribution in [0.5, 0.6) is 0 Å². The van der Waals surface area contributed by atoms with Crippen molar-refractivity contribution < 1.29 is 4.74 Å². The second kappa shape index (κ2) is 15.2. The van der Waals surface area contributed by atoms with E-state index in [0.717, 1.165) is 44.2 Å². The van der Waals surface area contributed by atoms with Crippen LogP contribution in [-0.2, 0) is 11.3 Å². The van der Waals surface area contributed by atoms with E-state index in [1.54, 1.807) is 6.20 Å². The molecule has 0 aromatic carbocycles. The smallest absolute Gasteiger partial charge is 0.191 e. The van der Waals surface area contributed by atoms with Crippen LogP contribution in [0.25, 0.3) is 0 Å². The Balaban J connectivity index is 0.00000338. The average Bonchev–Trinajstić information content (AvgIpc) is 2.92. The minimum atomic E-state index is 0. The Labute approximate surface area is 175 Å². The van der Waals surface area contributed by atoms with Crippen molar-refractivity contribution in [1.29, 1.82) is 0 Å². The highest BCUT2D eigenvalue weighted by molar-refractivity contribution is 14.0. The van der Waals surface area contributed by atoms with Crippen molar-refractivity contribution in [2.75, 3.05) is 19.7 Å². The van der Waals surface area contributed by atoms with Crippen LogP contribution in [0.2, 0.25) is 0 Å². The van der Waals surface area contributed by atoms with Gasteiger partial charge in [-0.25, -0.2) is 4.99 Å². The zero-order chi connectivity index (χ0) is 17.6. The van der Waals surface area contributed by atoms with Crippen LogP contribution in [0, 0.1) is 0 Å². The number of halogens is 1. The fourth-order valence-electron chi connectivity index (χ4n) is 3.09. The molecule has 1 heterocycles. The molecule has 0 saturated heterocycles. The molecule has 2 N–H and O–H groups in total. The van der Waals surface area contributed by atoms with E-state index in [9.17, 15) is 0 Å². The van der Waals surface area contributed by atoms with Gasteiger partial charge in [-0.2, -0.15) is 0 Å². The van der Waals surface area contributed by atoms with Crippen molar-refractivity contribution in [3.8, 4) is 0 Å². The number of hydrogen-bond donors (Lipinski definition) is 2. The molecule has 0 unspecified atom stereocenters. The number of aromatic nitrogens is 1. The van der Waals surface area contributed by atoms with Crippen LogP contribution in [0.3, 0.4) is 0 Å². The normalized spacial score (nSPS) is 15.8. The Kier molecular flexibility index (Phi) is 13.5. The van der Waals surface area contributed by atoms with Crippen molar-refractivity contribution in [2.24, 2.45) is 4.99 Å². The number of unbranched alkanes of at least 4 members (excludes halogenated alkanes) is 1. The van der Waals surface area contributed by atoms with Gasteiger partial charge in [0.1, 0.15) is 0 Å². The third-order valence-electron chi connectivity index (χ3n) is 4.49. The number of rotatable bonds is 9. The number of hydrogen-bond acceptors (Lipinski definition) is 3. The zero-order valence-electron chi connectivity index (χ0n) is 16.1. The molecule has 2 rings (SSSR count). The summed E-state index contributed by atoms with van der Waals surface area (Å²) in [5, 5.41) is 6.68. The second-order valence-electron chi connectivity index (χ2n) is 6.63. The first-order valence-electron chi connectivity index (χ1n) is 9.92. The minimum absolute atomic E-state index is 0. The van der Waals surface area contributed by atoms with Crippen molar-refractivity contribution in [1.82, 2.24) is 15.6 Å². The van der Waals surface area contributed by atoms with Gasteiger partial charge in [-0.05, 0) is 44.7 Å². The van der Waals surface area contributed by atoms with Gasteiger partial charge in [-0.3, -0.25) is 4.98 Å². The number of ether oxygens (including phenoxy) is 1. The van der Waals surface area contributed by atoms with E-state index in [0.29, 0.717) is 12.6 Å². The Hall–Kier alpha value is -0.890. The van der Waals surface area contributed by atoms with Gasteiger partial charge in [0.2, 0.25) is 0 Å². The third kappa shape index (κ3) is 10.3. The van der Waals surface area contributed by atoms with Gasteiger partial charge in [0.05, 0.1) is 18.3 Å².